The molecule has 0 saturated heterocycles. The van der Waals surface area contributed by atoms with Crippen molar-refractivity contribution in [2.24, 2.45) is 5.92 Å². The summed E-state index contributed by atoms with van der Waals surface area (Å²) < 4.78 is 0. The summed E-state index contributed by atoms with van der Waals surface area (Å²) >= 11 is 0. The van der Waals surface area contributed by atoms with Gasteiger partial charge in [-0.2, -0.15) is 0 Å². The predicted molar refractivity (Wildman–Crippen MR) is 78.2 cm³/mol. The van der Waals surface area contributed by atoms with Crippen LogP contribution in [0.3, 0.4) is 0 Å². The summed E-state index contributed by atoms with van der Waals surface area (Å²) in [5.74, 6) is -0.136. The number of nitrogens with one attached hydrogen (secondary N) is 1. The van der Waals surface area contributed by atoms with Crippen LogP contribution in [0, 0.1) is 5.92 Å². The van der Waals surface area contributed by atoms with Gasteiger partial charge in [0.2, 0.25) is 0 Å². The van der Waals surface area contributed by atoms with E-state index in [1.807, 2.05) is 13.8 Å². The van der Waals surface area contributed by atoms with Crippen LogP contribution >= 0.6 is 0 Å². The fourth-order valence-corrected chi connectivity index (χ4v) is 2.18. The predicted octanol–water partition coefficient (Wildman–Crippen LogP) is 3.40. The van der Waals surface area contributed by atoms with Crippen LogP contribution in [0.2, 0.25) is 0 Å². The van der Waals surface area contributed by atoms with E-state index in [0.717, 1.165) is 12.0 Å². The van der Waals surface area contributed by atoms with Crippen molar-refractivity contribution < 1.29 is 9.90 Å². The molecule has 0 saturated carbocycles. The smallest absolute Gasteiger partial charge is 0.320 e. The normalized spacial score (nSPS) is 14.4. The molecule has 1 rings (SSSR count). The maximum absolute atomic E-state index is 11.0. The van der Waals surface area contributed by atoms with Crippen molar-refractivity contribution in [2.45, 2.75) is 52.6 Å². The van der Waals surface area contributed by atoms with Crippen LogP contribution in [-0.2, 0) is 11.2 Å². The lowest BCUT2D eigenvalue weighted by Crippen LogP contribution is -2.37. The third-order valence-electron chi connectivity index (χ3n) is 3.28. The quantitative estimate of drug-likeness (QED) is 0.792. The van der Waals surface area contributed by atoms with E-state index in [1.165, 1.54) is 5.56 Å². The SMILES string of the molecule is CCC(NC(C)c1ccc(CC(C)C)cc1)C(=O)O. The second kappa shape index (κ2) is 7.29. The van der Waals surface area contributed by atoms with Gasteiger partial charge in [-0.1, -0.05) is 45.0 Å². The molecule has 3 nitrogen and oxygen atoms in total. The van der Waals surface area contributed by atoms with Crippen molar-refractivity contribution in [3.05, 3.63) is 35.4 Å². The van der Waals surface area contributed by atoms with Gasteiger partial charge in [-0.05, 0) is 36.8 Å². The average molecular weight is 263 g/mol. The highest BCUT2D eigenvalue weighted by Crippen LogP contribution is 2.16. The van der Waals surface area contributed by atoms with Gasteiger partial charge in [0.05, 0.1) is 0 Å². The van der Waals surface area contributed by atoms with Gasteiger partial charge in [0, 0.05) is 6.04 Å². The Balaban J connectivity index is 2.67. The third-order valence-corrected chi connectivity index (χ3v) is 3.28. The van der Waals surface area contributed by atoms with E-state index in [0.29, 0.717) is 12.3 Å². The first kappa shape index (κ1) is 15.7. The highest BCUT2D eigenvalue weighted by Gasteiger charge is 2.17. The van der Waals surface area contributed by atoms with Gasteiger partial charge in [-0.15, -0.1) is 0 Å². The van der Waals surface area contributed by atoms with Gasteiger partial charge in [0.15, 0.2) is 0 Å². The molecule has 0 aliphatic heterocycles. The fraction of sp³-hybridized carbons (Fsp3) is 0.562. The van der Waals surface area contributed by atoms with E-state index in [2.05, 4.69) is 43.4 Å². The molecule has 2 unspecified atom stereocenters. The molecule has 0 aliphatic rings. The molecule has 0 heterocycles. The maximum Gasteiger partial charge on any atom is 0.320 e. The van der Waals surface area contributed by atoms with E-state index in [4.69, 9.17) is 5.11 Å². The standard InChI is InChI=1S/C16H25NO2/c1-5-15(16(18)19)17-12(4)14-8-6-13(7-9-14)10-11(2)3/h6-9,11-12,15,17H,5,10H2,1-4H3,(H,18,19). The van der Waals surface area contributed by atoms with Crippen LogP contribution in [0.1, 0.15) is 51.3 Å². The number of hydrogen-bond acceptors (Lipinski definition) is 2. The molecule has 19 heavy (non-hydrogen) atoms. The molecule has 0 aliphatic carbocycles. The van der Waals surface area contributed by atoms with Crippen molar-refractivity contribution in [3.8, 4) is 0 Å². The minimum Gasteiger partial charge on any atom is -0.480 e. The van der Waals surface area contributed by atoms with Crippen molar-refractivity contribution in [2.75, 3.05) is 0 Å². The van der Waals surface area contributed by atoms with Crippen LogP contribution in [0.25, 0.3) is 0 Å². The van der Waals surface area contributed by atoms with Crippen LogP contribution in [0.4, 0.5) is 0 Å². The Labute approximate surface area is 116 Å². The highest BCUT2D eigenvalue weighted by atomic mass is 16.4. The fourth-order valence-electron chi connectivity index (χ4n) is 2.18. The summed E-state index contributed by atoms with van der Waals surface area (Å²) in [4.78, 5) is 11.0. The Bertz CT molecular complexity index is 398. The summed E-state index contributed by atoms with van der Waals surface area (Å²) in [7, 11) is 0. The monoisotopic (exact) mass is 263 g/mol. The minimum atomic E-state index is -0.786. The zero-order valence-corrected chi connectivity index (χ0v) is 12.3. The van der Waals surface area contributed by atoms with Crippen LogP contribution in [-0.4, -0.2) is 17.1 Å². The molecule has 2 N–H and O–H groups in total. The van der Waals surface area contributed by atoms with Gasteiger partial charge >= 0.3 is 5.97 Å². The number of carboxylic acid groups (broad SMARTS) is 1. The lowest BCUT2D eigenvalue weighted by molar-refractivity contribution is -0.139. The first-order valence-electron chi connectivity index (χ1n) is 7.01. The van der Waals surface area contributed by atoms with E-state index in [-0.39, 0.29) is 6.04 Å². The Morgan fingerprint density at radius 1 is 1.21 bits per heavy atom. The summed E-state index contributed by atoms with van der Waals surface area (Å²) in [5, 5.41) is 12.2. The molecule has 0 bridgehead atoms. The number of carbonyl (C=O) groups is 1. The summed E-state index contributed by atoms with van der Waals surface area (Å²) in [6.07, 6.45) is 1.67. The van der Waals surface area contributed by atoms with Gasteiger partial charge in [0.1, 0.15) is 6.04 Å². The topological polar surface area (TPSA) is 49.3 Å². The molecular weight excluding hydrogens is 238 g/mol. The molecule has 0 radical (unpaired) electrons. The number of benzene rings is 1. The van der Waals surface area contributed by atoms with Crippen molar-refractivity contribution in [1.82, 2.24) is 5.32 Å². The van der Waals surface area contributed by atoms with E-state index in [1.54, 1.807) is 0 Å². The van der Waals surface area contributed by atoms with Gasteiger partial charge < -0.3 is 5.11 Å². The zero-order chi connectivity index (χ0) is 14.4. The third kappa shape index (κ3) is 5.03. The van der Waals surface area contributed by atoms with Crippen molar-refractivity contribution in [1.29, 1.82) is 0 Å². The minimum absolute atomic E-state index is 0.0501. The lowest BCUT2D eigenvalue weighted by Gasteiger charge is -2.19. The molecule has 0 fully saturated rings. The number of aliphatic carboxylic acids is 1. The Hall–Kier alpha value is -1.35. The van der Waals surface area contributed by atoms with Crippen molar-refractivity contribution in [3.63, 3.8) is 0 Å². The van der Waals surface area contributed by atoms with Gasteiger partial charge in [-0.3, -0.25) is 10.1 Å². The largest absolute Gasteiger partial charge is 0.480 e. The van der Waals surface area contributed by atoms with Gasteiger partial charge in [-0.25, -0.2) is 0 Å². The molecule has 0 amide bonds. The van der Waals surface area contributed by atoms with Crippen LogP contribution < -0.4 is 5.32 Å². The zero-order valence-electron chi connectivity index (χ0n) is 12.3. The molecule has 0 spiro atoms. The molecule has 1 aromatic carbocycles. The Morgan fingerprint density at radius 3 is 2.21 bits per heavy atom. The molecule has 106 valence electrons. The van der Waals surface area contributed by atoms with E-state index < -0.39 is 12.0 Å². The van der Waals surface area contributed by atoms with Gasteiger partial charge in [0.25, 0.3) is 0 Å². The highest BCUT2D eigenvalue weighted by molar-refractivity contribution is 5.73. The molecule has 0 aromatic heterocycles. The molecule has 1 aromatic rings. The molecule has 3 heteroatoms. The second-order valence-electron chi connectivity index (χ2n) is 5.53. The summed E-state index contributed by atoms with van der Waals surface area (Å²) in [6.45, 7) is 8.29. The van der Waals surface area contributed by atoms with Crippen LogP contribution in [0.5, 0.6) is 0 Å². The Morgan fingerprint density at radius 2 is 1.79 bits per heavy atom. The molecule has 2 atom stereocenters. The summed E-state index contributed by atoms with van der Waals surface area (Å²) in [5.41, 5.74) is 2.46. The van der Waals surface area contributed by atoms with Crippen molar-refractivity contribution >= 4 is 5.97 Å². The second-order valence-corrected chi connectivity index (χ2v) is 5.53. The number of hydrogen-bond donors (Lipinski definition) is 2. The summed E-state index contributed by atoms with van der Waals surface area (Å²) in [6, 6.07) is 8.01. The first-order valence-corrected chi connectivity index (χ1v) is 7.01. The maximum atomic E-state index is 11.0. The average Bonchev–Trinajstić information content (AvgIpc) is 2.35. The number of rotatable bonds is 7. The van der Waals surface area contributed by atoms with E-state index in [9.17, 15) is 4.79 Å². The van der Waals surface area contributed by atoms with Crippen LogP contribution in [0.15, 0.2) is 24.3 Å². The van der Waals surface area contributed by atoms with E-state index >= 15 is 0 Å². The molecular formula is C16H25NO2. The lowest BCUT2D eigenvalue weighted by atomic mass is 9.99. The first-order chi connectivity index (χ1) is 8.93. The number of carboxylic acids is 1. The Kier molecular flexibility index (Phi) is 6.03.